The fraction of sp³-hybridized carbons (Fsp3) is 0.789. The van der Waals surface area contributed by atoms with Gasteiger partial charge < -0.3 is 14.7 Å². The van der Waals surface area contributed by atoms with Crippen LogP contribution in [0, 0.1) is 12.8 Å². The van der Waals surface area contributed by atoms with E-state index in [1.54, 1.807) is 6.92 Å². The van der Waals surface area contributed by atoms with Gasteiger partial charge in [-0.2, -0.15) is 13.2 Å². The number of likely N-dealkylation sites (tertiary alicyclic amines) is 1. The largest absolute Gasteiger partial charge is 0.424 e. The summed E-state index contributed by atoms with van der Waals surface area (Å²) in [6.45, 7) is 6.78. The molecule has 3 rings (SSSR count). The van der Waals surface area contributed by atoms with Crippen molar-refractivity contribution in [2.75, 3.05) is 45.9 Å². The maximum Gasteiger partial charge on any atom is 0.424 e. The molecular weight excluding hydrogens is 407 g/mol. The Kier molecular flexibility index (Phi) is 7.19. The van der Waals surface area contributed by atoms with Crippen LogP contribution in [0.2, 0.25) is 0 Å². The van der Waals surface area contributed by atoms with E-state index >= 15 is 0 Å². The number of ether oxygens (including phenoxy) is 1. The highest BCUT2D eigenvalue weighted by Gasteiger charge is 2.58. The first-order chi connectivity index (χ1) is 13.7. The molecule has 2 aliphatic heterocycles. The van der Waals surface area contributed by atoms with Gasteiger partial charge in [0, 0.05) is 37.3 Å². The van der Waals surface area contributed by atoms with E-state index in [2.05, 4.69) is 9.88 Å². The number of aliphatic hydroxyl groups is 1. The third-order valence-corrected chi connectivity index (χ3v) is 6.88. The lowest BCUT2D eigenvalue weighted by Crippen LogP contribution is -2.48. The summed E-state index contributed by atoms with van der Waals surface area (Å²) in [7, 11) is 0. The number of aromatic nitrogens is 1. The van der Waals surface area contributed by atoms with Gasteiger partial charge in [0.25, 0.3) is 0 Å². The molecule has 2 fully saturated rings. The van der Waals surface area contributed by atoms with E-state index in [1.165, 1.54) is 10.3 Å². The zero-order chi connectivity index (χ0) is 21.1. The Morgan fingerprint density at radius 3 is 2.48 bits per heavy atom. The van der Waals surface area contributed by atoms with Gasteiger partial charge in [0.15, 0.2) is 0 Å². The molecule has 1 aromatic rings. The van der Waals surface area contributed by atoms with Crippen molar-refractivity contribution in [3.63, 3.8) is 0 Å². The Balaban J connectivity index is 1.52. The number of hydrogen-bond acceptors (Lipinski definition) is 6. The number of halogens is 3. The second-order valence-electron chi connectivity index (χ2n) is 7.90. The average Bonchev–Trinajstić information content (AvgIpc) is 3.13. The van der Waals surface area contributed by atoms with Gasteiger partial charge in [0.1, 0.15) is 5.01 Å². The van der Waals surface area contributed by atoms with Crippen molar-refractivity contribution in [3.8, 4) is 0 Å². The number of hydrogen-bond donors (Lipinski definition) is 1. The van der Waals surface area contributed by atoms with Crippen molar-refractivity contribution in [2.24, 2.45) is 5.92 Å². The monoisotopic (exact) mass is 435 g/mol. The summed E-state index contributed by atoms with van der Waals surface area (Å²) >= 11 is 0.727. The first-order valence-corrected chi connectivity index (χ1v) is 10.9. The predicted octanol–water partition coefficient (Wildman–Crippen LogP) is 2.55. The maximum atomic E-state index is 13.6. The van der Waals surface area contributed by atoms with E-state index in [0.29, 0.717) is 24.7 Å². The fourth-order valence-corrected chi connectivity index (χ4v) is 4.75. The van der Waals surface area contributed by atoms with Gasteiger partial charge in [-0.05, 0) is 38.6 Å². The van der Waals surface area contributed by atoms with Gasteiger partial charge in [0.2, 0.25) is 11.5 Å². The van der Waals surface area contributed by atoms with Crippen molar-refractivity contribution < 1.29 is 27.8 Å². The van der Waals surface area contributed by atoms with Gasteiger partial charge in [-0.3, -0.25) is 9.69 Å². The van der Waals surface area contributed by atoms with E-state index in [-0.39, 0.29) is 0 Å². The Hall–Kier alpha value is -1.23. The average molecular weight is 436 g/mol. The molecule has 3 heterocycles. The molecule has 1 unspecified atom stereocenters. The van der Waals surface area contributed by atoms with Crippen molar-refractivity contribution in [1.82, 2.24) is 14.8 Å². The Bertz CT molecular complexity index is 686. The molecule has 0 spiro atoms. The summed E-state index contributed by atoms with van der Waals surface area (Å²) < 4.78 is 46.1. The molecule has 0 bridgehead atoms. The predicted molar refractivity (Wildman–Crippen MR) is 103 cm³/mol. The molecule has 2 saturated heterocycles. The molecule has 10 heteroatoms. The van der Waals surface area contributed by atoms with E-state index < -0.39 is 29.1 Å². The van der Waals surface area contributed by atoms with Crippen LogP contribution < -0.4 is 0 Å². The minimum atomic E-state index is -4.97. The molecule has 0 radical (unpaired) electrons. The van der Waals surface area contributed by atoms with E-state index in [4.69, 9.17) is 4.74 Å². The third kappa shape index (κ3) is 5.48. The summed E-state index contributed by atoms with van der Waals surface area (Å²) in [4.78, 5) is 20.2. The highest BCUT2D eigenvalue weighted by Crippen LogP contribution is 2.43. The summed E-state index contributed by atoms with van der Waals surface area (Å²) in [6.07, 6.45) is -3.42. The molecule has 6 nitrogen and oxygen atoms in total. The lowest BCUT2D eigenvalue weighted by molar-refractivity contribution is -0.268. The van der Waals surface area contributed by atoms with E-state index in [0.717, 1.165) is 63.4 Å². The molecule has 164 valence electrons. The van der Waals surface area contributed by atoms with Crippen LogP contribution in [0.25, 0.3) is 0 Å². The zero-order valence-electron chi connectivity index (χ0n) is 16.6. The number of rotatable bonds is 6. The number of alkyl halides is 3. The Morgan fingerprint density at radius 2 is 1.93 bits per heavy atom. The topological polar surface area (TPSA) is 65.9 Å². The van der Waals surface area contributed by atoms with E-state index in [9.17, 15) is 23.1 Å². The standard InChI is InChI=1S/C19H28F3N3O3S/c1-14-13-29-17(23-14)18(27,19(20,21)22)12-16(26)25-6-3-15(4-7-25)2-5-24-8-10-28-11-9-24/h13,15,27H,2-12H2,1H3. The highest BCUT2D eigenvalue weighted by molar-refractivity contribution is 7.09. The molecule has 0 aliphatic carbocycles. The van der Waals surface area contributed by atoms with Crippen LogP contribution in [0.3, 0.4) is 0 Å². The molecule has 1 atom stereocenters. The quantitative estimate of drug-likeness (QED) is 0.744. The van der Waals surface area contributed by atoms with Crippen molar-refractivity contribution in [3.05, 3.63) is 16.1 Å². The first-order valence-electron chi connectivity index (χ1n) is 9.98. The molecule has 2 aliphatic rings. The third-order valence-electron chi connectivity index (χ3n) is 5.77. The summed E-state index contributed by atoms with van der Waals surface area (Å²) in [5, 5.41) is 11.3. The molecule has 1 N–H and O–H groups in total. The molecular formula is C19H28F3N3O3S. The van der Waals surface area contributed by atoms with E-state index in [1.807, 2.05) is 0 Å². The number of carbonyl (C=O) groups excluding carboxylic acids is 1. The van der Waals surface area contributed by atoms with Crippen molar-refractivity contribution >= 4 is 17.2 Å². The zero-order valence-corrected chi connectivity index (χ0v) is 17.4. The van der Waals surface area contributed by atoms with Crippen LogP contribution in [0.15, 0.2) is 5.38 Å². The van der Waals surface area contributed by atoms with Gasteiger partial charge in [-0.15, -0.1) is 11.3 Å². The summed E-state index contributed by atoms with van der Waals surface area (Å²) in [6, 6.07) is 0. The second kappa shape index (κ2) is 9.28. The first kappa shape index (κ1) is 22.5. The van der Waals surface area contributed by atoms with Crippen molar-refractivity contribution in [2.45, 2.75) is 44.4 Å². The van der Waals surface area contributed by atoms with Crippen LogP contribution in [0.1, 0.15) is 36.4 Å². The molecule has 1 aromatic heterocycles. The number of nitrogens with zero attached hydrogens (tertiary/aromatic N) is 3. The number of morpholine rings is 1. The molecule has 0 saturated carbocycles. The molecule has 1 amide bonds. The van der Waals surface area contributed by atoms with Crippen LogP contribution >= 0.6 is 11.3 Å². The summed E-state index contributed by atoms with van der Waals surface area (Å²) in [5.74, 6) is -0.214. The number of piperidine rings is 1. The van der Waals surface area contributed by atoms with Gasteiger partial charge in [-0.1, -0.05) is 0 Å². The normalized spacial score (nSPS) is 21.9. The number of thiazole rings is 1. The number of aryl methyl sites for hydroxylation is 1. The van der Waals surface area contributed by atoms with Gasteiger partial charge >= 0.3 is 6.18 Å². The molecule has 0 aromatic carbocycles. The summed E-state index contributed by atoms with van der Waals surface area (Å²) in [5.41, 5.74) is -2.85. The van der Waals surface area contributed by atoms with Crippen LogP contribution in [-0.2, 0) is 15.1 Å². The highest BCUT2D eigenvalue weighted by atomic mass is 32.1. The number of amides is 1. The van der Waals surface area contributed by atoms with Gasteiger partial charge in [-0.25, -0.2) is 4.98 Å². The van der Waals surface area contributed by atoms with Crippen LogP contribution in [-0.4, -0.2) is 77.9 Å². The van der Waals surface area contributed by atoms with Gasteiger partial charge in [0.05, 0.1) is 19.6 Å². The fourth-order valence-electron chi connectivity index (χ4n) is 3.83. The maximum absolute atomic E-state index is 13.6. The molecule has 29 heavy (non-hydrogen) atoms. The Labute approximate surface area is 172 Å². The lowest BCUT2D eigenvalue weighted by atomic mass is 9.92. The SMILES string of the molecule is Cc1csc(C(O)(CC(=O)N2CCC(CCN3CCOCC3)CC2)C(F)(F)F)n1. The van der Waals surface area contributed by atoms with Crippen LogP contribution in [0.5, 0.6) is 0 Å². The van der Waals surface area contributed by atoms with Crippen LogP contribution in [0.4, 0.5) is 13.2 Å². The minimum absolute atomic E-state index is 0.390. The Morgan fingerprint density at radius 1 is 1.28 bits per heavy atom. The minimum Gasteiger partial charge on any atom is -0.379 e. The van der Waals surface area contributed by atoms with Crippen molar-refractivity contribution in [1.29, 1.82) is 0 Å². The number of carbonyl (C=O) groups is 1. The second-order valence-corrected chi connectivity index (χ2v) is 8.75. The smallest absolute Gasteiger partial charge is 0.379 e. The lowest BCUT2D eigenvalue weighted by Gasteiger charge is -2.36.